The van der Waals surface area contributed by atoms with Gasteiger partial charge in [-0.3, -0.25) is 19.6 Å². The van der Waals surface area contributed by atoms with Crippen molar-refractivity contribution >= 4 is 28.6 Å². The number of hydrogen-bond donors (Lipinski definition) is 5. The molecule has 5 N–H and O–H groups in total. The van der Waals surface area contributed by atoms with Crippen LogP contribution < -0.4 is 20.9 Å². The summed E-state index contributed by atoms with van der Waals surface area (Å²) in [6, 6.07) is 24.8. The molecule has 0 unspecified atom stereocenters. The summed E-state index contributed by atoms with van der Waals surface area (Å²) in [5.74, 6) is -1.18. The predicted molar refractivity (Wildman–Crippen MR) is 170 cm³/mol. The Morgan fingerprint density at radius 3 is 2.32 bits per heavy atom. The van der Waals surface area contributed by atoms with Crippen LogP contribution >= 0.6 is 0 Å². The van der Waals surface area contributed by atoms with Gasteiger partial charge in [-0.1, -0.05) is 73.5 Å². The molecule has 0 aliphatic heterocycles. The van der Waals surface area contributed by atoms with Crippen molar-refractivity contribution in [2.24, 2.45) is 5.92 Å². The zero-order chi connectivity index (χ0) is 31.1. The summed E-state index contributed by atoms with van der Waals surface area (Å²) in [5.41, 5.74) is 5.81. The highest BCUT2D eigenvalue weighted by molar-refractivity contribution is 5.91. The third-order valence-corrected chi connectivity index (χ3v) is 7.89. The first-order valence-electron chi connectivity index (χ1n) is 15.2. The largest absolute Gasteiger partial charge is 0.497 e. The van der Waals surface area contributed by atoms with E-state index in [2.05, 4.69) is 15.6 Å². The normalized spacial score (nSPS) is 12.3. The van der Waals surface area contributed by atoms with Crippen LogP contribution in [-0.4, -0.2) is 47.6 Å². The van der Waals surface area contributed by atoms with Gasteiger partial charge in [0.05, 0.1) is 7.11 Å². The molecule has 1 heterocycles. The van der Waals surface area contributed by atoms with Crippen LogP contribution in [0.4, 0.5) is 0 Å². The van der Waals surface area contributed by atoms with E-state index in [0.717, 1.165) is 53.5 Å². The molecule has 4 aromatic rings. The van der Waals surface area contributed by atoms with E-state index in [4.69, 9.17) is 9.94 Å². The van der Waals surface area contributed by atoms with Gasteiger partial charge in [0, 0.05) is 42.4 Å². The van der Waals surface area contributed by atoms with E-state index < -0.39 is 17.9 Å². The molecule has 3 amide bonds. The number of aryl methyl sites for hydroxylation is 1. The number of amides is 3. The second-order valence-electron chi connectivity index (χ2n) is 11.0. The average molecular weight is 599 g/mol. The maximum Gasteiger partial charge on any atom is 0.244 e. The first-order chi connectivity index (χ1) is 21.5. The van der Waals surface area contributed by atoms with Crippen molar-refractivity contribution in [1.29, 1.82) is 0 Å². The Morgan fingerprint density at radius 2 is 1.57 bits per heavy atom. The third-order valence-electron chi connectivity index (χ3n) is 7.89. The Hall–Kier alpha value is -4.63. The highest BCUT2D eigenvalue weighted by Gasteiger charge is 2.28. The highest BCUT2D eigenvalue weighted by atomic mass is 16.5. The Balaban J connectivity index is 1.39. The van der Waals surface area contributed by atoms with Gasteiger partial charge >= 0.3 is 0 Å². The second-order valence-corrected chi connectivity index (χ2v) is 11.0. The summed E-state index contributed by atoms with van der Waals surface area (Å²) in [7, 11) is 1.64. The van der Waals surface area contributed by atoms with Gasteiger partial charge in [0.15, 0.2) is 0 Å². The number of fused-ring (bicyclic) bond motifs is 1. The lowest BCUT2D eigenvalue weighted by Gasteiger charge is -2.22. The number of carbonyl (C=O) groups excluding carboxylic acids is 3. The van der Waals surface area contributed by atoms with Crippen molar-refractivity contribution in [2.45, 2.75) is 57.4 Å². The number of hydrogen-bond acceptors (Lipinski definition) is 5. The van der Waals surface area contributed by atoms with E-state index in [1.165, 1.54) is 5.56 Å². The van der Waals surface area contributed by atoms with Gasteiger partial charge in [0.2, 0.25) is 17.7 Å². The van der Waals surface area contributed by atoms with E-state index >= 15 is 0 Å². The zero-order valence-corrected chi connectivity index (χ0v) is 25.2. The van der Waals surface area contributed by atoms with Crippen molar-refractivity contribution in [3.05, 3.63) is 102 Å². The molecule has 9 heteroatoms. The molecular formula is C35H42N4O5. The maximum atomic E-state index is 13.6. The number of hydroxylamine groups is 1. The minimum atomic E-state index is -0.841. The minimum absolute atomic E-state index is 0.170. The van der Waals surface area contributed by atoms with E-state index in [9.17, 15) is 14.4 Å². The van der Waals surface area contributed by atoms with E-state index in [0.29, 0.717) is 19.4 Å². The van der Waals surface area contributed by atoms with Gasteiger partial charge in [0.1, 0.15) is 11.8 Å². The van der Waals surface area contributed by atoms with Crippen molar-refractivity contribution in [3.63, 3.8) is 0 Å². The Labute approximate surface area is 258 Å². The molecule has 2 atom stereocenters. The SMILES string of the molecule is COc1ccc(CCCCC[C@@H](CC(=O)NO)C(=O)N[C@H](Cc2c[nH]c3ccccc23)C(=O)NCCc2ccccc2)cc1. The number of methoxy groups -OCH3 is 1. The molecule has 0 bridgehead atoms. The van der Waals surface area contributed by atoms with Gasteiger partial charge in [0.25, 0.3) is 0 Å². The summed E-state index contributed by atoms with van der Waals surface area (Å²) < 4.78 is 5.21. The first kappa shape index (κ1) is 32.3. The maximum absolute atomic E-state index is 13.6. The fraction of sp³-hybridized carbons (Fsp3) is 0.343. The number of carbonyl (C=O) groups is 3. The van der Waals surface area contributed by atoms with Gasteiger partial charge in [-0.2, -0.15) is 0 Å². The number of rotatable bonds is 17. The second kappa shape index (κ2) is 16.9. The molecule has 0 spiro atoms. The van der Waals surface area contributed by atoms with Crippen LogP contribution in [0.25, 0.3) is 10.9 Å². The molecule has 0 aliphatic carbocycles. The summed E-state index contributed by atoms with van der Waals surface area (Å²) in [4.78, 5) is 42.4. The number of para-hydroxylation sites is 1. The lowest BCUT2D eigenvalue weighted by Crippen LogP contribution is -2.50. The zero-order valence-electron chi connectivity index (χ0n) is 25.2. The van der Waals surface area contributed by atoms with Crippen LogP contribution in [0.1, 0.15) is 48.8 Å². The smallest absolute Gasteiger partial charge is 0.244 e. The number of aromatic nitrogens is 1. The molecule has 232 valence electrons. The van der Waals surface area contributed by atoms with Crippen LogP contribution in [0.2, 0.25) is 0 Å². The predicted octanol–water partition coefficient (Wildman–Crippen LogP) is 4.88. The van der Waals surface area contributed by atoms with Crippen LogP contribution in [0.15, 0.2) is 85.1 Å². The van der Waals surface area contributed by atoms with Crippen LogP contribution in [0.3, 0.4) is 0 Å². The lowest BCUT2D eigenvalue weighted by molar-refractivity contribution is -0.136. The number of benzene rings is 3. The molecule has 4 rings (SSSR count). The molecule has 0 aliphatic rings. The average Bonchev–Trinajstić information content (AvgIpc) is 3.46. The molecule has 3 aromatic carbocycles. The number of H-pyrrole nitrogens is 1. The summed E-state index contributed by atoms with van der Waals surface area (Å²) in [6.07, 6.45) is 6.52. The standard InChI is InChI=1S/C35H42N4O5/c1-44-29-18-16-26(17-19-29)12-6-3-7-13-27(23-33(40)39-43)34(41)38-32(22-28-24-37-31-15-9-8-14-30(28)31)35(42)36-21-20-25-10-4-2-5-11-25/h2,4-5,8-11,14-19,24,27,32,37,43H,3,6-7,12-13,20-23H2,1H3,(H,36,42)(H,38,41)(H,39,40)/t27-,32+/m0/s1. The third kappa shape index (κ3) is 9.70. The molecule has 44 heavy (non-hydrogen) atoms. The Morgan fingerprint density at radius 1 is 0.841 bits per heavy atom. The molecule has 0 radical (unpaired) electrons. The minimum Gasteiger partial charge on any atom is -0.497 e. The fourth-order valence-electron chi connectivity index (χ4n) is 5.40. The monoisotopic (exact) mass is 598 g/mol. The highest BCUT2D eigenvalue weighted by Crippen LogP contribution is 2.21. The van der Waals surface area contributed by atoms with E-state index in [1.807, 2.05) is 85.1 Å². The van der Waals surface area contributed by atoms with Crippen molar-refractivity contribution in [1.82, 2.24) is 21.1 Å². The van der Waals surface area contributed by atoms with Crippen LogP contribution in [0, 0.1) is 5.92 Å². The molecule has 0 fully saturated rings. The van der Waals surface area contributed by atoms with Gasteiger partial charge in [-0.15, -0.1) is 0 Å². The molecule has 9 nitrogen and oxygen atoms in total. The van der Waals surface area contributed by atoms with Gasteiger partial charge in [-0.05, 0) is 60.6 Å². The molecule has 1 aromatic heterocycles. The van der Waals surface area contributed by atoms with Crippen LogP contribution in [0.5, 0.6) is 5.75 Å². The first-order valence-corrected chi connectivity index (χ1v) is 15.2. The number of aromatic amines is 1. The summed E-state index contributed by atoms with van der Waals surface area (Å²) in [6.45, 7) is 0.424. The van der Waals surface area contributed by atoms with Gasteiger partial charge < -0.3 is 20.4 Å². The van der Waals surface area contributed by atoms with Crippen LogP contribution in [-0.2, 0) is 33.6 Å². The summed E-state index contributed by atoms with van der Waals surface area (Å²) in [5, 5.41) is 16.1. The van der Waals surface area contributed by atoms with Crippen molar-refractivity contribution < 1.29 is 24.3 Å². The van der Waals surface area contributed by atoms with Crippen molar-refractivity contribution in [2.75, 3.05) is 13.7 Å². The number of unbranched alkanes of at least 4 members (excludes halogenated alkanes) is 2. The molecular weight excluding hydrogens is 556 g/mol. The Kier molecular flexibility index (Phi) is 12.4. The van der Waals surface area contributed by atoms with E-state index in [1.54, 1.807) is 12.6 Å². The van der Waals surface area contributed by atoms with E-state index in [-0.39, 0.29) is 24.7 Å². The lowest BCUT2D eigenvalue weighted by atomic mass is 9.94. The van der Waals surface area contributed by atoms with Gasteiger partial charge in [-0.25, -0.2) is 5.48 Å². The number of nitrogens with one attached hydrogen (secondary N) is 4. The fourth-order valence-corrected chi connectivity index (χ4v) is 5.40. The number of ether oxygens (including phenoxy) is 1. The quantitative estimate of drug-likeness (QED) is 0.0672. The summed E-state index contributed by atoms with van der Waals surface area (Å²) >= 11 is 0. The Bertz CT molecular complexity index is 1490. The topological polar surface area (TPSA) is 133 Å². The van der Waals surface area contributed by atoms with Crippen molar-refractivity contribution in [3.8, 4) is 5.75 Å². The molecule has 0 saturated heterocycles. The molecule has 0 saturated carbocycles.